The third kappa shape index (κ3) is 3.46. The van der Waals surface area contributed by atoms with E-state index in [2.05, 4.69) is 28.7 Å². The van der Waals surface area contributed by atoms with Gasteiger partial charge in [-0.2, -0.15) is 0 Å². The van der Waals surface area contributed by atoms with Crippen molar-refractivity contribution in [2.45, 2.75) is 52.5 Å². The Kier molecular flexibility index (Phi) is 4.57. The maximum atomic E-state index is 7.59. The standard InChI is InChI=1S/C15H25N5/c1-10(2)9-20(12-6-4-5-7-12)15-18-11(3)8-13(19-15)14(16)17/h8,10,12H,4-7,9H2,1-3H3,(H3,16,17). The van der Waals surface area contributed by atoms with E-state index in [1.165, 1.54) is 25.7 Å². The Morgan fingerprint density at radius 3 is 2.60 bits per heavy atom. The minimum atomic E-state index is 0.00710. The topological polar surface area (TPSA) is 78.9 Å². The van der Waals surface area contributed by atoms with E-state index in [1.54, 1.807) is 6.07 Å². The van der Waals surface area contributed by atoms with E-state index in [0.717, 1.165) is 18.2 Å². The molecule has 1 aromatic rings. The van der Waals surface area contributed by atoms with Crippen LogP contribution in [0.25, 0.3) is 0 Å². The highest BCUT2D eigenvalue weighted by Crippen LogP contribution is 2.27. The van der Waals surface area contributed by atoms with Gasteiger partial charge >= 0.3 is 0 Å². The summed E-state index contributed by atoms with van der Waals surface area (Å²) in [5, 5.41) is 7.59. The number of rotatable bonds is 5. The predicted molar refractivity (Wildman–Crippen MR) is 82.2 cm³/mol. The van der Waals surface area contributed by atoms with Gasteiger partial charge in [-0.15, -0.1) is 0 Å². The normalized spacial score (nSPS) is 15.8. The Morgan fingerprint density at radius 2 is 2.05 bits per heavy atom. The summed E-state index contributed by atoms with van der Waals surface area (Å²) in [6.07, 6.45) is 4.98. The van der Waals surface area contributed by atoms with Crippen molar-refractivity contribution in [1.82, 2.24) is 9.97 Å². The molecule has 2 rings (SSSR count). The van der Waals surface area contributed by atoms with E-state index < -0.39 is 0 Å². The van der Waals surface area contributed by atoms with Crippen LogP contribution in [-0.2, 0) is 0 Å². The Balaban J connectivity index is 2.34. The van der Waals surface area contributed by atoms with Gasteiger partial charge in [0.2, 0.25) is 5.95 Å². The molecule has 110 valence electrons. The van der Waals surface area contributed by atoms with E-state index in [1.807, 2.05) is 6.92 Å². The molecule has 0 unspecified atom stereocenters. The number of aromatic nitrogens is 2. The van der Waals surface area contributed by atoms with Crippen molar-refractivity contribution in [3.8, 4) is 0 Å². The molecule has 0 spiro atoms. The molecule has 1 fully saturated rings. The van der Waals surface area contributed by atoms with Gasteiger partial charge < -0.3 is 10.6 Å². The molecule has 0 aromatic carbocycles. The van der Waals surface area contributed by atoms with Gasteiger partial charge in [0.15, 0.2) is 0 Å². The summed E-state index contributed by atoms with van der Waals surface area (Å²) in [6.45, 7) is 7.30. The number of amidine groups is 1. The number of nitrogens with one attached hydrogen (secondary N) is 1. The second kappa shape index (κ2) is 6.20. The molecule has 1 aromatic heterocycles. The Bertz CT molecular complexity index is 477. The first-order valence-electron chi connectivity index (χ1n) is 7.44. The number of hydrogen-bond acceptors (Lipinski definition) is 4. The highest BCUT2D eigenvalue weighted by atomic mass is 15.3. The Labute approximate surface area is 121 Å². The first-order chi connectivity index (χ1) is 9.47. The molecule has 1 aliphatic carbocycles. The molecule has 0 atom stereocenters. The van der Waals surface area contributed by atoms with Crippen molar-refractivity contribution in [1.29, 1.82) is 5.41 Å². The summed E-state index contributed by atoms with van der Waals surface area (Å²) in [7, 11) is 0. The minimum absolute atomic E-state index is 0.00710. The quantitative estimate of drug-likeness (QED) is 0.639. The van der Waals surface area contributed by atoms with Crippen LogP contribution >= 0.6 is 0 Å². The highest BCUT2D eigenvalue weighted by molar-refractivity contribution is 5.93. The van der Waals surface area contributed by atoms with Crippen LogP contribution in [0.4, 0.5) is 5.95 Å². The smallest absolute Gasteiger partial charge is 0.226 e. The summed E-state index contributed by atoms with van der Waals surface area (Å²) in [6, 6.07) is 2.30. The summed E-state index contributed by atoms with van der Waals surface area (Å²) in [5.41, 5.74) is 6.98. The molecule has 1 heterocycles. The third-order valence-electron chi connectivity index (χ3n) is 3.70. The van der Waals surface area contributed by atoms with Crippen molar-refractivity contribution in [3.05, 3.63) is 17.5 Å². The number of nitrogens with two attached hydrogens (primary N) is 1. The molecule has 20 heavy (non-hydrogen) atoms. The molecule has 1 aliphatic rings. The number of aryl methyl sites for hydroxylation is 1. The Morgan fingerprint density at radius 1 is 1.40 bits per heavy atom. The van der Waals surface area contributed by atoms with Crippen LogP contribution in [0.2, 0.25) is 0 Å². The van der Waals surface area contributed by atoms with Gasteiger partial charge in [-0.1, -0.05) is 26.7 Å². The van der Waals surface area contributed by atoms with Gasteiger partial charge in [0.25, 0.3) is 0 Å². The van der Waals surface area contributed by atoms with E-state index in [-0.39, 0.29) is 5.84 Å². The maximum absolute atomic E-state index is 7.59. The second-order valence-electron chi connectivity index (χ2n) is 6.09. The van der Waals surface area contributed by atoms with Crippen molar-refractivity contribution < 1.29 is 0 Å². The lowest BCUT2D eigenvalue weighted by Crippen LogP contribution is -2.38. The van der Waals surface area contributed by atoms with Crippen LogP contribution < -0.4 is 10.6 Å². The largest absolute Gasteiger partial charge is 0.382 e. The lowest BCUT2D eigenvalue weighted by atomic mass is 10.1. The monoisotopic (exact) mass is 275 g/mol. The lowest BCUT2D eigenvalue weighted by molar-refractivity contribution is 0.525. The molecule has 5 heteroatoms. The molecule has 5 nitrogen and oxygen atoms in total. The van der Waals surface area contributed by atoms with Crippen LogP contribution in [0, 0.1) is 18.3 Å². The van der Waals surface area contributed by atoms with Gasteiger partial charge in [-0.3, -0.25) is 5.41 Å². The van der Waals surface area contributed by atoms with Gasteiger partial charge in [0.05, 0.1) is 0 Å². The fourth-order valence-electron chi connectivity index (χ4n) is 2.82. The summed E-state index contributed by atoms with van der Waals surface area (Å²) in [5.74, 6) is 1.30. The Hall–Kier alpha value is -1.65. The molecule has 0 bridgehead atoms. The zero-order valence-electron chi connectivity index (χ0n) is 12.7. The summed E-state index contributed by atoms with van der Waals surface area (Å²) < 4.78 is 0. The lowest BCUT2D eigenvalue weighted by Gasteiger charge is -2.31. The number of anilines is 1. The fourth-order valence-corrected chi connectivity index (χ4v) is 2.82. The molecule has 0 aliphatic heterocycles. The van der Waals surface area contributed by atoms with Crippen molar-refractivity contribution >= 4 is 11.8 Å². The van der Waals surface area contributed by atoms with E-state index in [9.17, 15) is 0 Å². The van der Waals surface area contributed by atoms with E-state index in [4.69, 9.17) is 11.1 Å². The molecule has 3 N–H and O–H groups in total. The third-order valence-corrected chi connectivity index (χ3v) is 3.70. The average Bonchev–Trinajstić information content (AvgIpc) is 2.88. The SMILES string of the molecule is Cc1cc(C(=N)N)nc(N(CC(C)C)C2CCCC2)n1. The van der Waals surface area contributed by atoms with Crippen molar-refractivity contribution in [3.63, 3.8) is 0 Å². The second-order valence-corrected chi connectivity index (χ2v) is 6.09. The first kappa shape index (κ1) is 14.8. The van der Waals surface area contributed by atoms with Crippen LogP contribution in [0.5, 0.6) is 0 Å². The van der Waals surface area contributed by atoms with Crippen LogP contribution in [0.3, 0.4) is 0 Å². The zero-order valence-corrected chi connectivity index (χ0v) is 12.7. The van der Waals surface area contributed by atoms with Crippen LogP contribution in [0.1, 0.15) is 50.9 Å². The van der Waals surface area contributed by atoms with Crippen molar-refractivity contribution in [2.75, 3.05) is 11.4 Å². The molecular weight excluding hydrogens is 250 g/mol. The minimum Gasteiger partial charge on any atom is -0.382 e. The highest BCUT2D eigenvalue weighted by Gasteiger charge is 2.25. The van der Waals surface area contributed by atoms with Crippen LogP contribution in [-0.4, -0.2) is 28.4 Å². The van der Waals surface area contributed by atoms with Gasteiger partial charge in [0, 0.05) is 18.3 Å². The number of hydrogen-bond donors (Lipinski definition) is 2. The molecule has 1 saturated carbocycles. The first-order valence-corrected chi connectivity index (χ1v) is 7.44. The average molecular weight is 275 g/mol. The number of nitrogen functional groups attached to an aromatic ring is 1. The van der Waals surface area contributed by atoms with Gasteiger partial charge in [0.1, 0.15) is 11.5 Å². The molecule has 0 radical (unpaired) electrons. The summed E-state index contributed by atoms with van der Waals surface area (Å²) >= 11 is 0. The van der Waals surface area contributed by atoms with Gasteiger partial charge in [-0.25, -0.2) is 9.97 Å². The maximum Gasteiger partial charge on any atom is 0.226 e. The van der Waals surface area contributed by atoms with Crippen molar-refractivity contribution in [2.24, 2.45) is 11.7 Å². The summed E-state index contributed by atoms with van der Waals surface area (Å²) in [4.78, 5) is 11.4. The van der Waals surface area contributed by atoms with Crippen LogP contribution in [0.15, 0.2) is 6.07 Å². The zero-order chi connectivity index (χ0) is 14.7. The number of nitrogens with zero attached hydrogens (tertiary/aromatic N) is 3. The van der Waals surface area contributed by atoms with Gasteiger partial charge in [-0.05, 0) is 31.7 Å². The molecule has 0 saturated heterocycles. The van der Waals surface area contributed by atoms with E-state index in [0.29, 0.717) is 17.7 Å². The fraction of sp³-hybridized carbons (Fsp3) is 0.667. The molecular formula is C15H25N5. The van der Waals surface area contributed by atoms with E-state index >= 15 is 0 Å². The predicted octanol–water partition coefficient (Wildman–Crippen LogP) is 2.47. The molecule has 0 amide bonds.